The number of likely N-dealkylation sites (N-methyl/N-ethyl adjacent to an activating group) is 2. The molecule has 1 atom stereocenters. The molecule has 1 N–H and O–H groups in total. The van der Waals surface area contributed by atoms with E-state index in [4.69, 9.17) is 31.0 Å². The summed E-state index contributed by atoms with van der Waals surface area (Å²) in [5, 5.41) is 4.53. The van der Waals surface area contributed by atoms with Crippen molar-refractivity contribution in [3.8, 4) is 6.01 Å². The highest BCUT2D eigenvalue weighted by Crippen LogP contribution is 2.37. The molecule has 0 saturated carbocycles. The fourth-order valence-corrected chi connectivity index (χ4v) is 5.90. The first-order valence-corrected chi connectivity index (χ1v) is 14.9. The van der Waals surface area contributed by atoms with Crippen LogP contribution in [0.4, 0.5) is 20.7 Å². The highest BCUT2D eigenvalue weighted by atomic mass is 35.5. The summed E-state index contributed by atoms with van der Waals surface area (Å²) in [5.41, 5.74) is 2.20. The van der Waals surface area contributed by atoms with Crippen molar-refractivity contribution in [2.45, 2.75) is 58.2 Å². The minimum absolute atomic E-state index is 0.124. The average Bonchev–Trinajstić information content (AvgIpc) is 3.36. The van der Waals surface area contributed by atoms with E-state index in [1.165, 1.54) is 6.07 Å². The van der Waals surface area contributed by atoms with Crippen LogP contribution in [0.1, 0.15) is 44.9 Å². The lowest BCUT2D eigenvalue weighted by Crippen LogP contribution is -2.38. The molecule has 2 aromatic carbocycles. The number of aromatic nitrogens is 2. The van der Waals surface area contributed by atoms with Gasteiger partial charge in [-0.05, 0) is 71.1 Å². The van der Waals surface area contributed by atoms with Crippen LogP contribution in [0.2, 0.25) is 5.02 Å². The van der Waals surface area contributed by atoms with E-state index >= 15 is 0 Å². The van der Waals surface area contributed by atoms with Crippen LogP contribution in [0.3, 0.4) is 0 Å². The van der Waals surface area contributed by atoms with E-state index in [1.54, 1.807) is 6.07 Å². The number of carbonyl (C=O) groups is 1. The molecule has 1 aromatic heterocycles. The molecule has 0 bridgehead atoms. The summed E-state index contributed by atoms with van der Waals surface area (Å²) in [4.78, 5) is 28.4. The van der Waals surface area contributed by atoms with Gasteiger partial charge in [-0.1, -0.05) is 29.8 Å². The fraction of sp³-hybridized carbons (Fsp3) is 0.516. The molecule has 1 unspecified atom stereocenters. The third-order valence-electron chi connectivity index (χ3n) is 7.83. The lowest BCUT2D eigenvalue weighted by Gasteiger charge is -2.33. The highest BCUT2D eigenvalue weighted by Gasteiger charge is 2.28. The molecule has 1 fully saturated rings. The van der Waals surface area contributed by atoms with Crippen LogP contribution < -0.4 is 19.9 Å². The molecular weight excluding hydrogens is 559 g/mol. The van der Waals surface area contributed by atoms with Gasteiger partial charge in [0.05, 0.1) is 17.3 Å². The smallest absolute Gasteiger partial charge is 0.407 e. The number of carbonyl (C=O) groups excluding carboxylic acids is 1. The van der Waals surface area contributed by atoms with Crippen LogP contribution in [0.15, 0.2) is 30.3 Å². The first-order chi connectivity index (χ1) is 20.0. The predicted molar refractivity (Wildman–Crippen MR) is 164 cm³/mol. The van der Waals surface area contributed by atoms with Gasteiger partial charge in [-0.25, -0.2) is 9.18 Å². The molecule has 0 aliphatic carbocycles. The molecule has 2 aliphatic rings. The number of halogens is 2. The van der Waals surface area contributed by atoms with Gasteiger partial charge in [-0.2, -0.15) is 9.97 Å². The van der Waals surface area contributed by atoms with Crippen LogP contribution in [0, 0.1) is 5.82 Å². The number of nitrogens with zero attached hydrogens (tertiary/aromatic N) is 5. The van der Waals surface area contributed by atoms with Crippen molar-refractivity contribution in [1.29, 1.82) is 0 Å². The van der Waals surface area contributed by atoms with Gasteiger partial charge in [0.25, 0.3) is 0 Å². The van der Waals surface area contributed by atoms with E-state index in [0.29, 0.717) is 56.6 Å². The Morgan fingerprint density at radius 3 is 2.76 bits per heavy atom. The number of amides is 1. The normalized spacial score (nSPS) is 17.3. The number of ether oxygens (including phenoxy) is 2. The molecule has 1 amide bonds. The number of alkyl carbamates (subject to hydrolysis) is 1. The number of benzene rings is 2. The molecule has 0 radical (unpaired) electrons. The molecule has 3 heterocycles. The summed E-state index contributed by atoms with van der Waals surface area (Å²) in [6.07, 6.45) is 2.46. The number of likely N-dealkylation sites (tertiary alicyclic amines) is 1. The third-order valence-corrected chi connectivity index (χ3v) is 8.20. The predicted octanol–water partition coefficient (Wildman–Crippen LogP) is 5.42. The Labute approximate surface area is 251 Å². The molecule has 42 heavy (non-hydrogen) atoms. The highest BCUT2D eigenvalue weighted by molar-refractivity contribution is 6.36. The SMILES string of the molecule is CN(CCNC(=O)OC(C)(C)C)c1nc(OCC2CCCN2C)nc2c1CCN(c1cccc3ccc(F)c(Cl)c13)C2. The largest absolute Gasteiger partial charge is 0.462 e. The second-order valence-corrected chi connectivity index (χ2v) is 12.5. The Morgan fingerprint density at radius 1 is 1.21 bits per heavy atom. The summed E-state index contributed by atoms with van der Waals surface area (Å²) in [7, 11) is 4.06. The zero-order valence-electron chi connectivity index (χ0n) is 25.0. The van der Waals surface area contributed by atoms with Crippen LogP contribution >= 0.6 is 11.6 Å². The first-order valence-electron chi connectivity index (χ1n) is 14.5. The van der Waals surface area contributed by atoms with E-state index in [9.17, 15) is 9.18 Å². The van der Waals surface area contributed by atoms with Crippen LogP contribution in [-0.4, -0.2) is 79.5 Å². The molecule has 3 aromatic rings. The minimum atomic E-state index is -0.562. The maximum atomic E-state index is 14.5. The van der Waals surface area contributed by atoms with Gasteiger partial charge in [0.1, 0.15) is 23.8 Å². The van der Waals surface area contributed by atoms with Gasteiger partial charge in [-0.3, -0.25) is 0 Å². The van der Waals surface area contributed by atoms with Crippen molar-refractivity contribution in [2.75, 3.05) is 56.7 Å². The molecule has 5 rings (SSSR count). The monoisotopic (exact) mass is 598 g/mol. The zero-order valence-corrected chi connectivity index (χ0v) is 25.8. The van der Waals surface area contributed by atoms with E-state index < -0.39 is 17.5 Å². The zero-order chi connectivity index (χ0) is 30.0. The number of hydrogen-bond acceptors (Lipinski definition) is 8. The van der Waals surface area contributed by atoms with Crippen molar-refractivity contribution in [3.05, 3.63) is 52.4 Å². The third kappa shape index (κ3) is 6.81. The maximum absolute atomic E-state index is 14.5. The lowest BCUT2D eigenvalue weighted by molar-refractivity contribution is 0.0529. The Bertz CT molecular complexity index is 1450. The Hall–Kier alpha value is -3.37. The lowest BCUT2D eigenvalue weighted by atomic mass is 10.0. The summed E-state index contributed by atoms with van der Waals surface area (Å²) >= 11 is 6.47. The molecule has 9 nitrogen and oxygen atoms in total. The van der Waals surface area contributed by atoms with Crippen molar-refractivity contribution in [3.63, 3.8) is 0 Å². The quantitative estimate of drug-likeness (QED) is 0.368. The van der Waals surface area contributed by atoms with Gasteiger partial charge < -0.3 is 29.5 Å². The summed E-state index contributed by atoms with van der Waals surface area (Å²) in [5.74, 6) is 0.343. The average molecular weight is 599 g/mol. The Morgan fingerprint density at radius 2 is 2.02 bits per heavy atom. The van der Waals surface area contributed by atoms with Gasteiger partial charge in [-0.15, -0.1) is 0 Å². The standard InChI is InChI=1S/C31H40ClFN6O3/c1-31(2,3)42-30(40)34-14-17-38(5)28-22-13-16-39(25-10-6-8-20-11-12-23(33)27(32)26(20)25)18-24(22)35-29(36-28)41-19-21-9-7-15-37(21)4/h6,8,10-12,21H,7,9,13-19H2,1-5H3,(H,34,40). The molecule has 1 saturated heterocycles. The van der Waals surface area contributed by atoms with E-state index in [1.807, 2.05) is 50.9 Å². The van der Waals surface area contributed by atoms with E-state index in [0.717, 1.165) is 47.5 Å². The summed E-state index contributed by atoms with van der Waals surface area (Å²) in [6.45, 7) is 9.18. The second-order valence-electron chi connectivity index (χ2n) is 12.1. The van der Waals surface area contributed by atoms with Crippen molar-refractivity contribution >= 4 is 40.0 Å². The van der Waals surface area contributed by atoms with E-state index in [-0.39, 0.29) is 5.02 Å². The number of anilines is 2. The van der Waals surface area contributed by atoms with E-state index in [2.05, 4.69) is 22.2 Å². The summed E-state index contributed by atoms with van der Waals surface area (Å²) < 4.78 is 26.0. The van der Waals surface area contributed by atoms with Crippen LogP contribution in [0.25, 0.3) is 10.8 Å². The maximum Gasteiger partial charge on any atom is 0.407 e. The Balaban J connectivity index is 1.40. The molecule has 0 spiro atoms. The van der Waals surface area contributed by atoms with Crippen molar-refractivity contribution in [1.82, 2.24) is 20.2 Å². The molecular formula is C31H40ClFN6O3. The minimum Gasteiger partial charge on any atom is -0.462 e. The van der Waals surface area contributed by atoms with Crippen LogP contribution in [-0.2, 0) is 17.7 Å². The summed E-state index contributed by atoms with van der Waals surface area (Å²) in [6, 6.07) is 9.69. The molecule has 2 aliphatic heterocycles. The Kier molecular flexibility index (Phi) is 8.94. The van der Waals surface area contributed by atoms with Gasteiger partial charge >= 0.3 is 12.1 Å². The van der Waals surface area contributed by atoms with Crippen LogP contribution in [0.5, 0.6) is 6.01 Å². The fourth-order valence-electron chi connectivity index (χ4n) is 5.64. The second kappa shape index (κ2) is 12.5. The van der Waals surface area contributed by atoms with Gasteiger partial charge in [0.15, 0.2) is 0 Å². The van der Waals surface area contributed by atoms with Gasteiger partial charge in [0.2, 0.25) is 0 Å². The van der Waals surface area contributed by atoms with Crippen molar-refractivity contribution < 1.29 is 18.7 Å². The number of rotatable bonds is 8. The molecule has 226 valence electrons. The number of hydrogen-bond donors (Lipinski definition) is 1. The number of fused-ring (bicyclic) bond motifs is 2. The van der Waals surface area contributed by atoms with Crippen molar-refractivity contribution in [2.24, 2.45) is 0 Å². The topological polar surface area (TPSA) is 83.1 Å². The number of nitrogens with one attached hydrogen (secondary N) is 1. The molecule has 11 heteroatoms. The first kappa shape index (κ1) is 30.1. The van der Waals surface area contributed by atoms with Gasteiger partial charge in [0, 0.05) is 49.4 Å².